The molecular formula is C25H30N4O6S2. The zero-order valence-electron chi connectivity index (χ0n) is 20.5. The Bertz CT molecular complexity index is 1280. The molecule has 0 saturated carbocycles. The van der Waals surface area contributed by atoms with E-state index in [4.69, 9.17) is 9.29 Å². The summed E-state index contributed by atoms with van der Waals surface area (Å²) >= 11 is 1.49. The van der Waals surface area contributed by atoms with Gasteiger partial charge < -0.3 is 15.4 Å². The van der Waals surface area contributed by atoms with Crippen molar-refractivity contribution in [1.29, 1.82) is 0 Å². The van der Waals surface area contributed by atoms with Crippen LogP contribution in [0, 0.1) is 0 Å². The first-order valence-electron chi connectivity index (χ1n) is 11.6. The molecule has 3 aromatic rings. The molecule has 0 spiro atoms. The average molecular weight is 547 g/mol. The van der Waals surface area contributed by atoms with E-state index in [9.17, 15) is 18.0 Å². The maximum atomic E-state index is 13.2. The molecule has 3 rings (SSSR count). The highest BCUT2D eigenvalue weighted by atomic mass is 32.2. The van der Waals surface area contributed by atoms with Crippen molar-refractivity contribution in [2.45, 2.75) is 38.3 Å². The van der Waals surface area contributed by atoms with Gasteiger partial charge in [-0.15, -0.1) is 11.3 Å². The van der Waals surface area contributed by atoms with Gasteiger partial charge in [-0.1, -0.05) is 49.4 Å². The minimum absolute atomic E-state index is 0.0183. The number of alkyl carbamates (subject to hydrolysis) is 1. The molecule has 0 bridgehead atoms. The maximum absolute atomic E-state index is 13.2. The van der Waals surface area contributed by atoms with Gasteiger partial charge in [0.05, 0.1) is 37.1 Å². The topological polar surface area (TPSA) is 147 Å². The summed E-state index contributed by atoms with van der Waals surface area (Å²) in [7, 11) is -3.11. The molecule has 1 unspecified atom stereocenters. The van der Waals surface area contributed by atoms with E-state index in [0.717, 1.165) is 28.2 Å². The van der Waals surface area contributed by atoms with Gasteiger partial charge in [0.15, 0.2) is 5.78 Å². The summed E-state index contributed by atoms with van der Waals surface area (Å²) in [5, 5.41) is 8.70. The van der Waals surface area contributed by atoms with Gasteiger partial charge in [0.25, 0.3) is 0 Å². The first-order chi connectivity index (χ1) is 17.7. The number of nitrogens with one attached hydrogen (secondary N) is 3. The SMILES string of the molecule is CCc1csc(C(Cc2ccc(NS(=O)(=O)O)cc2)NCC(=O)[C@H](Cc2ccccc2)NC(=O)OC)n1. The number of aryl methyl sites for hydroxylation is 1. The van der Waals surface area contributed by atoms with E-state index in [0.29, 0.717) is 12.8 Å². The quantitative estimate of drug-likeness (QED) is 0.239. The van der Waals surface area contributed by atoms with Gasteiger partial charge in [0.1, 0.15) is 5.01 Å². The molecule has 1 aromatic heterocycles. The zero-order chi connectivity index (χ0) is 26.8. The van der Waals surface area contributed by atoms with Crippen LogP contribution in [0.2, 0.25) is 0 Å². The van der Waals surface area contributed by atoms with Crippen molar-refractivity contribution in [1.82, 2.24) is 15.6 Å². The molecule has 1 heterocycles. The van der Waals surface area contributed by atoms with Gasteiger partial charge in [-0.3, -0.25) is 14.1 Å². The molecule has 4 N–H and O–H groups in total. The van der Waals surface area contributed by atoms with Crippen molar-refractivity contribution < 1.29 is 27.3 Å². The number of aromatic nitrogens is 1. The number of Topliss-reactive ketones (excluding diaryl/α,β-unsaturated/α-hetero) is 1. The van der Waals surface area contributed by atoms with Crippen LogP contribution in [0.25, 0.3) is 0 Å². The summed E-state index contributed by atoms with van der Waals surface area (Å²) < 4.78 is 37.8. The van der Waals surface area contributed by atoms with Crippen LogP contribution in [0.3, 0.4) is 0 Å². The third kappa shape index (κ3) is 9.25. The van der Waals surface area contributed by atoms with Gasteiger partial charge in [0, 0.05) is 5.38 Å². The molecule has 198 valence electrons. The van der Waals surface area contributed by atoms with Crippen molar-refractivity contribution in [2.24, 2.45) is 0 Å². The second kappa shape index (κ2) is 13.3. The van der Waals surface area contributed by atoms with E-state index in [1.807, 2.05) is 47.4 Å². The number of benzene rings is 2. The third-order valence-electron chi connectivity index (χ3n) is 5.54. The van der Waals surface area contributed by atoms with Crippen molar-refractivity contribution in [2.75, 3.05) is 18.4 Å². The fourth-order valence-electron chi connectivity index (χ4n) is 3.63. The number of hydrogen-bond donors (Lipinski definition) is 4. The summed E-state index contributed by atoms with van der Waals surface area (Å²) in [4.78, 5) is 29.8. The average Bonchev–Trinajstić information content (AvgIpc) is 3.36. The van der Waals surface area contributed by atoms with E-state index < -0.39 is 22.4 Å². The molecule has 0 radical (unpaired) electrons. The Balaban J connectivity index is 1.74. The fraction of sp³-hybridized carbons (Fsp3) is 0.320. The summed E-state index contributed by atoms with van der Waals surface area (Å²) in [6, 6.07) is 14.9. The number of nitrogens with zero attached hydrogens (tertiary/aromatic N) is 1. The Morgan fingerprint density at radius 3 is 2.32 bits per heavy atom. The van der Waals surface area contributed by atoms with Gasteiger partial charge >= 0.3 is 16.4 Å². The van der Waals surface area contributed by atoms with Crippen molar-refractivity contribution in [3.63, 3.8) is 0 Å². The predicted octanol–water partition coefficient (Wildman–Crippen LogP) is 3.33. The van der Waals surface area contributed by atoms with Crippen LogP contribution >= 0.6 is 11.3 Å². The van der Waals surface area contributed by atoms with Crippen LogP contribution in [-0.4, -0.2) is 49.5 Å². The summed E-state index contributed by atoms with van der Waals surface area (Å²) in [6.07, 6.45) is 0.891. The lowest BCUT2D eigenvalue weighted by molar-refractivity contribution is -0.120. The van der Waals surface area contributed by atoms with Crippen LogP contribution < -0.4 is 15.4 Å². The zero-order valence-corrected chi connectivity index (χ0v) is 22.1. The van der Waals surface area contributed by atoms with Crippen molar-refractivity contribution in [3.05, 3.63) is 81.8 Å². The summed E-state index contributed by atoms with van der Waals surface area (Å²) in [6.45, 7) is 1.99. The molecule has 37 heavy (non-hydrogen) atoms. The molecule has 1 amide bonds. The Labute approximate surface area is 220 Å². The number of hydrogen-bond acceptors (Lipinski definition) is 8. The molecule has 0 saturated heterocycles. The highest BCUT2D eigenvalue weighted by Gasteiger charge is 2.24. The highest BCUT2D eigenvalue weighted by Crippen LogP contribution is 2.24. The summed E-state index contributed by atoms with van der Waals surface area (Å²) in [5.41, 5.74) is 2.94. The minimum atomic E-state index is -4.36. The second-order valence-electron chi connectivity index (χ2n) is 8.29. The lowest BCUT2D eigenvalue weighted by Crippen LogP contribution is -2.46. The molecule has 0 aliphatic heterocycles. The smallest absolute Gasteiger partial charge is 0.407 e. The first-order valence-corrected chi connectivity index (χ1v) is 13.9. The largest absolute Gasteiger partial charge is 0.453 e. The van der Waals surface area contributed by atoms with Crippen molar-refractivity contribution >= 4 is 39.2 Å². The number of carbonyl (C=O) groups excluding carboxylic acids is 2. The van der Waals surface area contributed by atoms with E-state index in [1.165, 1.54) is 18.4 Å². The lowest BCUT2D eigenvalue weighted by atomic mass is 10.0. The fourth-order valence-corrected chi connectivity index (χ4v) is 5.04. The molecule has 2 atom stereocenters. The van der Waals surface area contributed by atoms with E-state index >= 15 is 0 Å². The number of rotatable bonds is 13. The van der Waals surface area contributed by atoms with Gasteiger partial charge in [-0.25, -0.2) is 9.78 Å². The number of carbonyl (C=O) groups is 2. The normalized spacial score (nSPS) is 12.9. The number of anilines is 1. The Hall–Kier alpha value is -3.32. The minimum Gasteiger partial charge on any atom is -0.453 e. The molecule has 12 heteroatoms. The number of ether oxygens (including phenoxy) is 1. The van der Waals surface area contributed by atoms with Gasteiger partial charge in [-0.05, 0) is 42.5 Å². The lowest BCUT2D eigenvalue weighted by Gasteiger charge is -2.21. The number of ketones is 1. The van der Waals surface area contributed by atoms with Crippen LogP contribution in [-0.2, 0) is 39.1 Å². The van der Waals surface area contributed by atoms with E-state index in [1.54, 1.807) is 24.3 Å². The van der Waals surface area contributed by atoms with Crippen LogP contribution in [0.1, 0.15) is 34.8 Å². The van der Waals surface area contributed by atoms with E-state index in [-0.39, 0.29) is 24.1 Å². The molecule has 0 aliphatic rings. The van der Waals surface area contributed by atoms with Crippen LogP contribution in [0.5, 0.6) is 0 Å². The Kier molecular flexibility index (Phi) is 10.1. The third-order valence-corrected chi connectivity index (χ3v) is 7.04. The second-order valence-corrected chi connectivity index (χ2v) is 10.3. The van der Waals surface area contributed by atoms with E-state index in [2.05, 4.69) is 15.6 Å². The number of amides is 1. The van der Waals surface area contributed by atoms with Crippen LogP contribution in [0.4, 0.5) is 10.5 Å². The molecule has 0 fully saturated rings. The molecular weight excluding hydrogens is 516 g/mol. The van der Waals surface area contributed by atoms with Crippen molar-refractivity contribution in [3.8, 4) is 0 Å². The summed E-state index contributed by atoms with van der Waals surface area (Å²) in [5.74, 6) is -0.209. The molecule has 10 nitrogen and oxygen atoms in total. The first kappa shape index (κ1) is 28.3. The standard InChI is InChI=1S/C25H30N4O6S2/c1-3-19-16-36-24(27-19)22(14-18-9-11-20(12-10-18)29-37(32,33)34)26-15-23(30)21(28-25(31)35-2)13-17-7-5-4-6-8-17/h4-12,16,21-22,26,29H,3,13-15H2,1-2H3,(H,28,31)(H,32,33,34)/t21-,22?/m0/s1. The molecule has 2 aromatic carbocycles. The highest BCUT2D eigenvalue weighted by molar-refractivity contribution is 7.87. The Morgan fingerprint density at radius 1 is 1.05 bits per heavy atom. The van der Waals surface area contributed by atoms with Gasteiger partial charge in [-0.2, -0.15) is 8.42 Å². The maximum Gasteiger partial charge on any atom is 0.407 e. The Morgan fingerprint density at radius 2 is 1.73 bits per heavy atom. The number of thiazole rings is 1. The van der Waals surface area contributed by atoms with Crippen LogP contribution in [0.15, 0.2) is 60.0 Å². The monoisotopic (exact) mass is 546 g/mol. The predicted molar refractivity (Wildman–Crippen MR) is 142 cm³/mol. The number of methoxy groups -OCH3 is 1. The van der Waals surface area contributed by atoms with Gasteiger partial charge in [0.2, 0.25) is 0 Å². The molecule has 0 aliphatic carbocycles.